The van der Waals surface area contributed by atoms with Crippen molar-refractivity contribution in [3.63, 3.8) is 0 Å². The van der Waals surface area contributed by atoms with Gasteiger partial charge in [0.25, 0.3) is 0 Å². The number of benzene rings is 1. The van der Waals surface area contributed by atoms with Crippen molar-refractivity contribution >= 4 is 25.0 Å². The number of rotatable bonds is 3. The van der Waals surface area contributed by atoms with Crippen molar-refractivity contribution in [1.29, 1.82) is 0 Å². The van der Waals surface area contributed by atoms with E-state index in [0.717, 1.165) is 6.92 Å². The fraction of sp³-hybridized carbons (Fsp3) is 0.222. The number of ketones is 1. The third-order valence-electron chi connectivity index (χ3n) is 1.99. The maximum Gasteiger partial charge on any atom is 1.00 e. The van der Waals surface area contributed by atoms with E-state index in [1.54, 1.807) is 12.1 Å². The Kier molecular flexibility index (Phi) is 10.3. The Morgan fingerprint density at radius 1 is 1.29 bits per heavy atom. The first-order chi connectivity index (χ1) is 6.84. The van der Waals surface area contributed by atoms with Crippen LogP contribution in [0.3, 0.4) is 0 Å². The SMILES string of the molecule is CC(C(=O)c1ccccc1Cl)P(=O)([O-])[O-].[Na+].[Na+]. The van der Waals surface area contributed by atoms with E-state index in [0.29, 0.717) is 0 Å². The molecule has 8 heteroatoms. The number of Topliss-reactive ketones (excluding diaryl/α,β-unsaturated/α-hetero) is 1. The average Bonchev–Trinajstić information content (AvgIpc) is 2.15. The first kappa shape index (κ1) is 20.6. The van der Waals surface area contributed by atoms with Gasteiger partial charge >= 0.3 is 59.1 Å². The van der Waals surface area contributed by atoms with E-state index >= 15 is 0 Å². The van der Waals surface area contributed by atoms with Crippen molar-refractivity contribution in [2.75, 3.05) is 0 Å². The summed E-state index contributed by atoms with van der Waals surface area (Å²) in [6.07, 6.45) is 0. The molecule has 1 aromatic rings. The van der Waals surface area contributed by atoms with Crippen LogP contribution in [0.1, 0.15) is 17.3 Å². The van der Waals surface area contributed by atoms with Gasteiger partial charge in [0, 0.05) is 11.2 Å². The topological polar surface area (TPSA) is 80.3 Å². The minimum Gasteiger partial charge on any atom is -0.810 e. The Balaban J connectivity index is 0. The van der Waals surface area contributed by atoms with Gasteiger partial charge < -0.3 is 14.4 Å². The van der Waals surface area contributed by atoms with Crippen molar-refractivity contribution in [3.05, 3.63) is 34.9 Å². The smallest absolute Gasteiger partial charge is 0.810 e. The quantitative estimate of drug-likeness (QED) is 0.317. The standard InChI is InChI=1S/C9H10ClO4P.2Na/c1-6(15(12,13)14)9(11)7-4-2-3-5-8(7)10;;/h2-6H,1H3,(H2,12,13,14);;/q;2*+1/p-2. The first-order valence-corrected chi connectivity index (χ1v) is 6.13. The molecular weight excluding hydrogens is 285 g/mol. The van der Waals surface area contributed by atoms with Gasteiger partial charge in [-0.25, -0.2) is 0 Å². The molecule has 0 amide bonds. The van der Waals surface area contributed by atoms with Crippen LogP contribution in [-0.2, 0) is 4.57 Å². The Morgan fingerprint density at radius 3 is 2.18 bits per heavy atom. The van der Waals surface area contributed by atoms with Gasteiger partial charge in [-0.3, -0.25) is 4.79 Å². The third-order valence-corrected chi connectivity index (χ3v) is 3.51. The Morgan fingerprint density at radius 2 is 1.76 bits per heavy atom. The number of carbonyl (C=O) groups excluding carboxylic acids is 1. The molecule has 0 fully saturated rings. The second kappa shape index (κ2) is 8.49. The van der Waals surface area contributed by atoms with Crippen LogP contribution in [0.2, 0.25) is 5.02 Å². The number of halogens is 1. The van der Waals surface area contributed by atoms with Crippen LogP contribution in [0.4, 0.5) is 0 Å². The molecular formula is C9H8ClNa2O4P. The molecule has 1 aromatic carbocycles. The molecule has 0 bridgehead atoms. The van der Waals surface area contributed by atoms with Gasteiger partial charge in [0.1, 0.15) is 0 Å². The van der Waals surface area contributed by atoms with E-state index in [2.05, 4.69) is 0 Å². The van der Waals surface area contributed by atoms with E-state index in [4.69, 9.17) is 11.6 Å². The zero-order valence-electron chi connectivity index (χ0n) is 9.84. The summed E-state index contributed by atoms with van der Waals surface area (Å²) in [5, 5.41) is 0.141. The van der Waals surface area contributed by atoms with Crippen LogP contribution in [0.25, 0.3) is 0 Å². The Bertz CT molecular complexity index is 435. The molecule has 82 valence electrons. The molecule has 17 heavy (non-hydrogen) atoms. The van der Waals surface area contributed by atoms with Crippen LogP contribution in [0.15, 0.2) is 24.3 Å². The predicted octanol–water partition coefficient (Wildman–Crippen LogP) is -5.17. The van der Waals surface area contributed by atoms with E-state index in [-0.39, 0.29) is 69.7 Å². The Labute approximate surface area is 149 Å². The van der Waals surface area contributed by atoms with Crippen LogP contribution in [-0.4, -0.2) is 11.4 Å². The number of hydrogen-bond acceptors (Lipinski definition) is 4. The van der Waals surface area contributed by atoms with Crippen LogP contribution in [0, 0.1) is 0 Å². The van der Waals surface area contributed by atoms with Gasteiger partial charge in [0.15, 0.2) is 5.78 Å². The molecule has 0 aliphatic rings. The fourth-order valence-electron chi connectivity index (χ4n) is 1.03. The molecule has 0 aliphatic carbocycles. The maximum atomic E-state index is 11.6. The van der Waals surface area contributed by atoms with Crippen LogP contribution in [0.5, 0.6) is 0 Å². The molecule has 0 N–H and O–H groups in total. The largest absolute Gasteiger partial charge is 1.00 e. The molecule has 0 aromatic heterocycles. The molecule has 0 saturated carbocycles. The van der Waals surface area contributed by atoms with Gasteiger partial charge in [-0.1, -0.05) is 38.3 Å². The van der Waals surface area contributed by atoms with Gasteiger partial charge in [0.2, 0.25) is 0 Å². The summed E-state index contributed by atoms with van der Waals surface area (Å²) < 4.78 is 10.7. The maximum absolute atomic E-state index is 11.6. The van der Waals surface area contributed by atoms with E-state index in [9.17, 15) is 19.1 Å². The van der Waals surface area contributed by atoms with Crippen molar-refractivity contribution in [2.45, 2.75) is 12.6 Å². The minimum absolute atomic E-state index is 0. The second-order valence-corrected chi connectivity index (χ2v) is 5.32. The summed E-state index contributed by atoms with van der Waals surface area (Å²) in [4.78, 5) is 32.9. The van der Waals surface area contributed by atoms with E-state index in [1.165, 1.54) is 12.1 Å². The van der Waals surface area contributed by atoms with Gasteiger partial charge in [0.05, 0.1) is 5.02 Å². The fourth-order valence-corrected chi connectivity index (χ4v) is 1.68. The van der Waals surface area contributed by atoms with Crippen molar-refractivity contribution < 1.29 is 78.3 Å². The van der Waals surface area contributed by atoms with Crippen molar-refractivity contribution in [3.8, 4) is 0 Å². The van der Waals surface area contributed by atoms with Gasteiger partial charge in [-0.2, -0.15) is 0 Å². The third kappa shape index (κ3) is 5.87. The summed E-state index contributed by atoms with van der Waals surface area (Å²) >= 11 is 5.70. The summed E-state index contributed by atoms with van der Waals surface area (Å²) in [7, 11) is -4.91. The summed E-state index contributed by atoms with van der Waals surface area (Å²) in [6.45, 7) is 1.06. The van der Waals surface area contributed by atoms with Crippen molar-refractivity contribution in [2.24, 2.45) is 0 Å². The van der Waals surface area contributed by atoms with Gasteiger partial charge in [-0.05, 0) is 12.1 Å². The molecule has 1 rings (SSSR count). The van der Waals surface area contributed by atoms with Crippen LogP contribution < -0.4 is 68.9 Å². The molecule has 0 saturated heterocycles. The molecule has 0 spiro atoms. The monoisotopic (exact) mass is 292 g/mol. The summed E-state index contributed by atoms with van der Waals surface area (Å²) in [5.41, 5.74) is -1.53. The van der Waals surface area contributed by atoms with E-state index in [1.807, 2.05) is 0 Å². The van der Waals surface area contributed by atoms with Gasteiger partial charge in [-0.15, -0.1) is 0 Å². The minimum atomic E-state index is -4.91. The van der Waals surface area contributed by atoms with Crippen molar-refractivity contribution in [1.82, 2.24) is 0 Å². The molecule has 1 unspecified atom stereocenters. The summed E-state index contributed by atoms with van der Waals surface area (Å²) in [5.74, 6) is -0.770. The second-order valence-electron chi connectivity index (χ2n) is 3.06. The Hall–Kier alpha value is 1.33. The number of hydrogen-bond donors (Lipinski definition) is 0. The zero-order chi connectivity index (χ0) is 11.6. The number of carbonyl (C=O) groups is 1. The molecule has 0 heterocycles. The van der Waals surface area contributed by atoms with E-state index < -0.39 is 19.0 Å². The predicted molar refractivity (Wildman–Crippen MR) is 52.9 cm³/mol. The van der Waals surface area contributed by atoms with Crippen LogP contribution >= 0.6 is 19.2 Å². The molecule has 0 aliphatic heterocycles. The average molecular weight is 293 g/mol. The normalized spacial score (nSPS) is 12.0. The molecule has 1 atom stereocenters. The first-order valence-electron chi connectivity index (χ1n) is 4.14. The summed E-state index contributed by atoms with van der Waals surface area (Å²) in [6, 6.07) is 6.00. The molecule has 0 radical (unpaired) electrons. The zero-order valence-corrected chi connectivity index (χ0v) is 15.5. The molecule has 4 nitrogen and oxygen atoms in total.